The van der Waals surface area contributed by atoms with E-state index in [4.69, 9.17) is 0 Å². The van der Waals surface area contributed by atoms with E-state index < -0.39 is 0 Å². The van der Waals surface area contributed by atoms with E-state index >= 15 is 0 Å². The second-order valence-corrected chi connectivity index (χ2v) is 4.18. The van der Waals surface area contributed by atoms with Crippen LogP contribution < -0.4 is 10.6 Å². The molecule has 0 aromatic heterocycles. The Balaban J connectivity index is 1.98. The van der Waals surface area contributed by atoms with Crippen molar-refractivity contribution in [1.82, 2.24) is 10.2 Å². The number of hydrogen-bond acceptors (Lipinski definition) is 2. The van der Waals surface area contributed by atoms with Crippen molar-refractivity contribution in [3.05, 3.63) is 30.1 Å². The van der Waals surface area contributed by atoms with Gasteiger partial charge in [-0.05, 0) is 31.2 Å². The van der Waals surface area contributed by atoms with Gasteiger partial charge in [0.25, 0.3) is 0 Å². The summed E-state index contributed by atoms with van der Waals surface area (Å²) in [6.45, 7) is 4.29. The number of nitrogens with zero attached hydrogens (tertiary/aromatic N) is 1. The van der Waals surface area contributed by atoms with Crippen LogP contribution in [0.5, 0.6) is 0 Å². The van der Waals surface area contributed by atoms with Crippen molar-refractivity contribution in [3.8, 4) is 0 Å². The molecule has 1 aromatic rings. The summed E-state index contributed by atoms with van der Waals surface area (Å²) < 4.78 is 12.7. The molecule has 2 rings (SSSR count). The number of anilines is 1. The molecule has 1 atom stereocenters. The van der Waals surface area contributed by atoms with Gasteiger partial charge in [-0.15, -0.1) is 0 Å². The van der Waals surface area contributed by atoms with Gasteiger partial charge < -0.3 is 15.5 Å². The average Bonchev–Trinajstić information content (AvgIpc) is 2.32. The minimum atomic E-state index is -0.307. The number of carbonyl (C=O) groups excluding carboxylic acids is 1. The predicted octanol–water partition coefficient (Wildman–Crippen LogP) is 1.65. The van der Waals surface area contributed by atoms with Gasteiger partial charge in [0, 0.05) is 31.4 Å². The largest absolute Gasteiger partial charge is 0.322 e. The van der Waals surface area contributed by atoms with Crippen LogP contribution in [0.2, 0.25) is 0 Å². The van der Waals surface area contributed by atoms with Crippen molar-refractivity contribution in [1.29, 1.82) is 0 Å². The molecule has 17 heavy (non-hydrogen) atoms. The summed E-state index contributed by atoms with van der Waals surface area (Å²) in [6, 6.07) is 5.81. The number of nitrogens with one attached hydrogen (secondary N) is 2. The van der Waals surface area contributed by atoms with Crippen LogP contribution in [0.4, 0.5) is 14.9 Å². The fourth-order valence-corrected chi connectivity index (χ4v) is 1.87. The van der Waals surface area contributed by atoms with Crippen molar-refractivity contribution in [2.45, 2.75) is 13.0 Å². The van der Waals surface area contributed by atoms with Crippen LogP contribution in [0.25, 0.3) is 0 Å². The first kappa shape index (κ1) is 11.9. The van der Waals surface area contributed by atoms with E-state index in [9.17, 15) is 9.18 Å². The van der Waals surface area contributed by atoms with Crippen molar-refractivity contribution in [3.63, 3.8) is 0 Å². The lowest BCUT2D eigenvalue weighted by molar-refractivity contribution is 0.177. The molecule has 0 aliphatic carbocycles. The third-order valence-corrected chi connectivity index (χ3v) is 2.86. The lowest BCUT2D eigenvalue weighted by Crippen LogP contribution is -2.53. The van der Waals surface area contributed by atoms with E-state index in [2.05, 4.69) is 10.6 Å². The number of amides is 2. The van der Waals surface area contributed by atoms with Gasteiger partial charge in [0.2, 0.25) is 0 Å². The summed E-state index contributed by atoms with van der Waals surface area (Å²) in [5, 5.41) is 5.98. The summed E-state index contributed by atoms with van der Waals surface area (Å²) in [6.07, 6.45) is 0. The van der Waals surface area contributed by atoms with Gasteiger partial charge >= 0.3 is 6.03 Å². The van der Waals surface area contributed by atoms with E-state index in [1.54, 1.807) is 17.0 Å². The quantitative estimate of drug-likeness (QED) is 0.780. The van der Waals surface area contributed by atoms with E-state index in [1.807, 2.05) is 6.92 Å². The number of urea groups is 1. The third-order valence-electron chi connectivity index (χ3n) is 2.86. The molecule has 5 heteroatoms. The SMILES string of the molecule is C[C@@H]1CNCCN1C(=O)Nc1ccc(F)cc1. The summed E-state index contributed by atoms with van der Waals surface area (Å²) >= 11 is 0. The lowest BCUT2D eigenvalue weighted by atomic mass is 10.2. The second-order valence-electron chi connectivity index (χ2n) is 4.18. The minimum Gasteiger partial charge on any atom is -0.319 e. The van der Waals surface area contributed by atoms with E-state index in [1.165, 1.54) is 12.1 Å². The Bertz CT molecular complexity index is 393. The standard InChI is InChI=1S/C12H16FN3O/c1-9-8-14-6-7-16(9)12(17)15-11-4-2-10(13)3-5-11/h2-5,9,14H,6-8H2,1H3,(H,15,17)/t9-/m1/s1. The molecule has 1 aromatic carbocycles. The molecule has 1 heterocycles. The van der Waals surface area contributed by atoms with Crippen LogP contribution in [0.3, 0.4) is 0 Å². The number of piperazine rings is 1. The van der Waals surface area contributed by atoms with Crippen LogP contribution >= 0.6 is 0 Å². The molecule has 0 spiro atoms. The zero-order valence-electron chi connectivity index (χ0n) is 9.74. The molecule has 1 saturated heterocycles. The van der Waals surface area contributed by atoms with Gasteiger partial charge in [0.1, 0.15) is 5.82 Å². The Morgan fingerprint density at radius 1 is 1.47 bits per heavy atom. The molecule has 2 N–H and O–H groups in total. The van der Waals surface area contributed by atoms with Gasteiger partial charge in [0.15, 0.2) is 0 Å². The molecule has 1 aliphatic rings. The van der Waals surface area contributed by atoms with Gasteiger partial charge in [-0.1, -0.05) is 0 Å². The van der Waals surface area contributed by atoms with Gasteiger partial charge in [-0.2, -0.15) is 0 Å². The highest BCUT2D eigenvalue weighted by Crippen LogP contribution is 2.11. The molecular weight excluding hydrogens is 221 g/mol. The van der Waals surface area contributed by atoms with E-state index in [-0.39, 0.29) is 17.9 Å². The first-order chi connectivity index (χ1) is 8.16. The number of rotatable bonds is 1. The first-order valence-electron chi connectivity index (χ1n) is 5.71. The summed E-state index contributed by atoms with van der Waals surface area (Å²) in [5.74, 6) is -0.307. The van der Waals surface area contributed by atoms with Crippen LogP contribution in [0, 0.1) is 5.82 Å². The Kier molecular flexibility index (Phi) is 3.58. The van der Waals surface area contributed by atoms with E-state index in [0.717, 1.165) is 13.1 Å². The molecule has 4 nitrogen and oxygen atoms in total. The molecule has 0 radical (unpaired) electrons. The number of hydrogen-bond donors (Lipinski definition) is 2. The van der Waals surface area contributed by atoms with E-state index in [0.29, 0.717) is 12.2 Å². The first-order valence-corrected chi connectivity index (χ1v) is 5.71. The smallest absolute Gasteiger partial charge is 0.319 e. The molecule has 1 fully saturated rings. The maximum absolute atomic E-state index is 12.7. The molecule has 0 bridgehead atoms. The number of benzene rings is 1. The Morgan fingerprint density at radius 2 is 2.18 bits per heavy atom. The summed E-state index contributed by atoms with van der Waals surface area (Å²) in [5.41, 5.74) is 0.613. The zero-order valence-corrected chi connectivity index (χ0v) is 9.74. The Hall–Kier alpha value is -1.62. The van der Waals surface area contributed by atoms with Crippen LogP contribution in [0.1, 0.15) is 6.92 Å². The highest BCUT2D eigenvalue weighted by atomic mass is 19.1. The molecule has 1 aliphatic heterocycles. The molecular formula is C12H16FN3O. The fourth-order valence-electron chi connectivity index (χ4n) is 1.87. The minimum absolute atomic E-state index is 0.134. The maximum atomic E-state index is 12.7. The summed E-state index contributed by atoms with van der Waals surface area (Å²) in [7, 11) is 0. The van der Waals surface area contributed by atoms with Gasteiger partial charge in [0.05, 0.1) is 0 Å². The fraction of sp³-hybridized carbons (Fsp3) is 0.417. The van der Waals surface area contributed by atoms with Crippen LogP contribution in [-0.2, 0) is 0 Å². The highest BCUT2D eigenvalue weighted by Gasteiger charge is 2.22. The predicted molar refractivity (Wildman–Crippen MR) is 64.5 cm³/mol. The summed E-state index contributed by atoms with van der Waals surface area (Å²) in [4.78, 5) is 13.7. The molecule has 0 unspecified atom stereocenters. The Labute approximate surface area is 99.8 Å². The topological polar surface area (TPSA) is 44.4 Å². The molecule has 2 amide bonds. The van der Waals surface area contributed by atoms with Crippen molar-refractivity contribution in [2.75, 3.05) is 25.0 Å². The van der Waals surface area contributed by atoms with Crippen molar-refractivity contribution in [2.24, 2.45) is 0 Å². The maximum Gasteiger partial charge on any atom is 0.322 e. The number of carbonyl (C=O) groups is 1. The van der Waals surface area contributed by atoms with Gasteiger partial charge in [-0.3, -0.25) is 0 Å². The monoisotopic (exact) mass is 237 g/mol. The Morgan fingerprint density at radius 3 is 2.82 bits per heavy atom. The lowest BCUT2D eigenvalue weighted by Gasteiger charge is -2.33. The molecule has 0 saturated carbocycles. The average molecular weight is 237 g/mol. The number of halogens is 1. The van der Waals surface area contributed by atoms with Crippen molar-refractivity contribution >= 4 is 11.7 Å². The zero-order chi connectivity index (χ0) is 12.3. The van der Waals surface area contributed by atoms with Gasteiger partial charge in [-0.25, -0.2) is 9.18 Å². The van der Waals surface area contributed by atoms with Crippen LogP contribution in [0.15, 0.2) is 24.3 Å². The van der Waals surface area contributed by atoms with Crippen molar-refractivity contribution < 1.29 is 9.18 Å². The highest BCUT2D eigenvalue weighted by molar-refractivity contribution is 5.89. The normalized spacial score (nSPS) is 20.1. The molecule has 92 valence electrons. The second kappa shape index (κ2) is 5.14. The van der Waals surface area contributed by atoms with Crippen LogP contribution in [-0.4, -0.2) is 36.6 Å². The third kappa shape index (κ3) is 2.94.